The van der Waals surface area contributed by atoms with Gasteiger partial charge in [-0.3, -0.25) is 23.7 Å². The monoisotopic (exact) mass is 1060 g/mol. The number of aliphatic carboxylic acids is 1. The lowest BCUT2D eigenvalue weighted by Gasteiger charge is -2.44. The number of phosphoric acid groups is 1. The van der Waals surface area contributed by atoms with Crippen LogP contribution in [-0.4, -0.2) is 106 Å². The maximum absolute atomic E-state index is 13.6. The van der Waals surface area contributed by atoms with Gasteiger partial charge in [-0.25, -0.2) is 9.36 Å². The average molecular weight is 1060 g/mol. The highest BCUT2D eigenvalue weighted by Crippen LogP contribution is 2.35. The second-order valence-corrected chi connectivity index (χ2v) is 21.6. The minimum Gasteiger partial charge on any atom is -0.481 e. The highest BCUT2D eigenvalue weighted by molar-refractivity contribution is 7.46. The summed E-state index contributed by atoms with van der Waals surface area (Å²) in [6.45, 7) is 4.92. The van der Waals surface area contributed by atoms with Crippen molar-refractivity contribution < 1.29 is 72.0 Å². The molecule has 0 spiro atoms. The Labute approximate surface area is 440 Å². The topological polar surface area (TPSA) is 254 Å². The number of hydrogen-bond donors (Lipinski definition) is 6. The van der Waals surface area contributed by atoms with Crippen LogP contribution in [0, 0.1) is 0 Å². The third kappa shape index (κ3) is 38.5. The predicted octanol–water partition coefficient (Wildman–Crippen LogP) is 11.6. The molecule has 0 saturated carbocycles. The molecule has 428 valence electrons. The molecule has 1 rings (SSSR count). The molecule has 17 nitrogen and oxygen atoms in total. The molecule has 0 aromatic carbocycles. The van der Waals surface area contributed by atoms with Crippen LogP contribution in [0.5, 0.6) is 0 Å². The Balaban J connectivity index is 3.08. The quantitative estimate of drug-likeness (QED) is 0.0188. The van der Waals surface area contributed by atoms with Gasteiger partial charge in [-0.1, -0.05) is 213 Å². The number of esters is 2. The van der Waals surface area contributed by atoms with Crippen LogP contribution in [0.1, 0.15) is 265 Å². The van der Waals surface area contributed by atoms with Crippen LogP contribution in [0.4, 0.5) is 0 Å². The average Bonchev–Trinajstić information content (AvgIpc) is 3.35. The molecule has 1 saturated heterocycles. The summed E-state index contributed by atoms with van der Waals surface area (Å²) in [7, 11) is -4.88. The standard InChI is InChI=1S/C55H103N2O15P/c1-4-7-10-13-16-19-22-25-28-31-34-37-47(58)56-45(40-41-49(60)61)54(64)69-44-46-52(63)53(72-50(62)39-36-33-30-27-24-21-18-15-12-9-6-3)51(55(71-46)68-42-43-70-73(65,66)67)57-48(59)38-35-32-29-26-23-20-17-14-11-8-5-2/h45-46,51-53,55,63H,4-44H2,1-3H3,(H,56,58)(H,57,59)(H,60,61)(H2,65,66,67)/t45-,46-,51-,52-,53-,55+/m1/s1. The van der Waals surface area contributed by atoms with Gasteiger partial charge in [0.1, 0.15) is 30.9 Å². The minimum atomic E-state index is -4.88. The number of aliphatic hydroxyl groups is 1. The first-order valence-corrected chi connectivity index (χ1v) is 30.6. The first-order chi connectivity index (χ1) is 35.2. The van der Waals surface area contributed by atoms with E-state index in [2.05, 4.69) is 35.9 Å². The number of nitrogens with one attached hydrogen (secondary N) is 2. The van der Waals surface area contributed by atoms with Crippen molar-refractivity contribution in [2.45, 2.75) is 301 Å². The zero-order chi connectivity index (χ0) is 53.8. The lowest BCUT2D eigenvalue weighted by atomic mass is 9.96. The number of carboxylic acids is 1. The molecule has 1 fully saturated rings. The van der Waals surface area contributed by atoms with Gasteiger partial charge < -0.3 is 49.6 Å². The van der Waals surface area contributed by atoms with Gasteiger partial charge in [-0.2, -0.15) is 0 Å². The Morgan fingerprint density at radius 3 is 1.40 bits per heavy atom. The van der Waals surface area contributed by atoms with Crippen LogP contribution in [-0.2, 0) is 52.0 Å². The second-order valence-electron chi connectivity index (χ2n) is 20.3. The fourth-order valence-electron chi connectivity index (χ4n) is 9.16. The van der Waals surface area contributed by atoms with E-state index < -0.39 is 100 Å². The molecule has 0 unspecified atom stereocenters. The molecule has 73 heavy (non-hydrogen) atoms. The highest BCUT2D eigenvalue weighted by Gasteiger charge is 2.49. The summed E-state index contributed by atoms with van der Waals surface area (Å²) < 4.78 is 39.5. The summed E-state index contributed by atoms with van der Waals surface area (Å²) in [4.78, 5) is 83.7. The van der Waals surface area contributed by atoms with Crippen LogP contribution >= 0.6 is 7.82 Å². The zero-order valence-corrected chi connectivity index (χ0v) is 46.6. The Morgan fingerprint density at radius 1 is 0.562 bits per heavy atom. The number of unbranched alkanes of at least 4 members (excludes halogenated alkanes) is 30. The van der Waals surface area contributed by atoms with E-state index in [1.807, 2.05) is 0 Å². The van der Waals surface area contributed by atoms with Crippen LogP contribution < -0.4 is 10.6 Å². The van der Waals surface area contributed by atoms with E-state index in [0.29, 0.717) is 19.3 Å². The summed E-state index contributed by atoms with van der Waals surface area (Å²) >= 11 is 0. The lowest BCUT2D eigenvalue weighted by Crippen LogP contribution is -2.66. The zero-order valence-electron chi connectivity index (χ0n) is 45.7. The summed E-state index contributed by atoms with van der Waals surface area (Å²) in [5, 5.41) is 26.7. The molecule has 1 aliphatic rings. The van der Waals surface area contributed by atoms with Crippen LogP contribution in [0.2, 0.25) is 0 Å². The van der Waals surface area contributed by atoms with Crippen molar-refractivity contribution in [2.75, 3.05) is 19.8 Å². The molecule has 0 radical (unpaired) electrons. The normalized spacial score (nSPS) is 18.3. The van der Waals surface area contributed by atoms with Crippen LogP contribution in [0.15, 0.2) is 0 Å². The van der Waals surface area contributed by atoms with Gasteiger partial charge in [0.2, 0.25) is 11.8 Å². The predicted molar refractivity (Wildman–Crippen MR) is 283 cm³/mol. The number of carbonyl (C=O) groups excluding carboxylic acids is 4. The van der Waals surface area contributed by atoms with Crippen molar-refractivity contribution in [3.05, 3.63) is 0 Å². The number of carbonyl (C=O) groups is 5. The fraction of sp³-hybridized carbons (Fsp3) is 0.909. The van der Waals surface area contributed by atoms with Gasteiger partial charge in [-0.15, -0.1) is 0 Å². The van der Waals surface area contributed by atoms with Crippen LogP contribution in [0.3, 0.4) is 0 Å². The van der Waals surface area contributed by atoms with Crippen LogP contribution in [0.25, 0.3) is 0 Å². The van der Waals surface area contributed by atoms with Crippen molar-refractivity contribution in [2.24, 2.45) is 0 Å². The maximum Gasteiger partial charge on any atom is 0.469 e. The molecule has 6 N–H and O–H groups in total. The summed E-state index contributed by atoms with van der Waals surface area (Å²) in [6, 6.07) is -2.62. The highest BCUT2D eigenvalue weighted by atomic mass is 31.2. The van der Waals surface area contributed by atoms with Gasteiger partial charge >= 0.3 is 25.7 Å². The van der Waals surface area contributed by atoms with Crippen molar-refractivity contribution in [3.8, 4) is 0 Å². The molecule has 0 bridgehead atoms. The molecule has 0 aromatic heterocycles. The maximum atomic E-state index is 13.6. The third-order valence-electron chi connectivity index (χ3n) is 13.5. The van der Waals surface area contributed by atoms with Crippen molar-refractivity contribution >= 4 is 37.5 Å². The largest absolute Gasteiger partial charge is 0.481 e. The Bertz CT molecular complexity index is 1470. The third-order valence-corrected chi connectivity index (χ3v) is 14.1. The Morgan fingerprint density at radius 2 is 0.973 bits per heavy atom. The SMILES string of the molecule is CCCCCCCCCCCCCC(=O)N[C@H]1[C@@H](OCCOP(=O)(O)O)O[C@H](COC(=O)[C@@H](CCC(=O)O)NC(=O)CCCCCCCCCCCCC)[C@@H](O)[C@@H]1OC(=O)CCCCCCCCCCCCC. The number of phosphoric ester groups is 1. The van der Waals surface area contributed by atoms with E-state index in [1.54, 1.807) is 0 Å². The molecule has 6 atom stereocenters. The number of aliphatic hydroxyl groups excluding tert-OH is 1. The molecule has 0 aliphatic carbocycles. The minimum absolute atomic E-state index is 0.0337. The smallest absolute Gasteiger partial charge is 0.469 e. The Kier molecular flexibility index (Phi) is 42.6. The molecule has 1 aliphatic heterocycles. The molecular formula is C55H103N2O15P. The van der Waals surface area contributed by atoms with Gasteiger partial charge in [0, 0.05) is 25.7 Å². The fourth-order valence-corrected chi connectivity index (χ4v) is 9.47. The van der Waals surface area contributed by atoms with Crippen molar-refractivity contribution in [1.82, 2.24) is 10.6 Å². The van der Waals surface area contributed by atoms with E-state index >= 15 is 0 Å². The van der Waals surface area contributed by atoms with Gasteiger partial charge in [0.15, 0.2) is 12.4 Å². The Hall–Kier alpha value is -2.66. The van der Waals surface area contributed by atoms with Crippen molar-refractivity contribution in [3.63, 3.8) is 0 Å². The summed E-state index contributed by atoms with van der Waals surface area (Å²) in [6.07, 6.45) is 29.5. The number of rotatable bonds is 50. The second kappa shape index (κ2) is 45.5. The van der Waals surface area contributed by atoms with Crippen molar-refractivity contribution in [1.29, 1.82) is 0 Å². The first kappa shape index (κ1) is 68.4. The van der Waals surface area contributed by atoms with E-state index in [1.165, 1.54) is 116 Å². The number of ether oxygens (including phenoxy) is 4. The molecular weight excluding hydrogens is 960 g/mol. The van der Waals surface area contributed by atoms with E-state index in [0.717, 1.165) is 77.0 Å². The van der Waals surface area contributed by atoms with Gasteiger partial charge in [0.05, 0.1) is 13.2 Å². The number of amides is 2. The molecule has 1 heterocycles. The van der Waals surface area contributed by atoms with E-state index in [4.69, 9.17) is 18.9 Å². The summed E-state index contributed by atoms with van der Waals surface area (Å²) in [5.74, 6) is -3.64. The molecule has 0 aromatic rings. The summed E-state index contributed by atoms with van der Waals surface area (Å²) in [5.41, 5.74) is 0. The molecule has 2 amide bonds. The lowest BCUT2D eigenvalue weighted by molar-refractivity contribution is -0.276. The van der Waals surface area contributed by atoms with E-state index in [-0.39, 0.29) is 25.7 Å². The number of hydrogen-bond acceptors (Lipinski definition) is 12. The van der Waals surface area contributed by atoms with Gasteiger partial charge in [0.25, 0.3) is 0 Å². The first-order valence-electron chi connectivity index (χ1n) is 29.0. The number of carboxylic acid groups (broad SMARTS) is 1. The van der Waals surface area contributed by atoms with E-state index in [9.17, 15) is 48.5 Å². The molecule has 18 heteroatoms. The van der Waals surface area contributed by atoms with Gasteiger partial charge in [-0.05, 0) is 25.7 Å².